The minimum Gasteiger partial charge on any atom is -0.508 e. The SMILES string of the molecule is CC[C@H](/C=C1\OC(=O)C2=C3c4cc(O)ccc4-c4cccc(c4)CNCCc4cc(CNCC(C)C)cc(c4)[C@@H](NC[C@H](C)O)[C@H]4CC[C@@]([C@@H]5CCN[C@H](NCCCC(C)C)C5)(CC=C5OC(=O)C6=C5CC[C@H]5[C@H]3CC[C@@]21[C@@H]65)C4)Cc1ccccc1. The number of aliphatic hydroxyl groups is 1. The van der Waals surface area contributed by atoms with E-state index in [9.17, 15) is 10.2 Å². The Kier molecular flexibility index (Phi) is 18.5. The van der Waals surface area contributed by atoms with Gasteiger partial charge in [0.15, 0.2) is 0 Å². The number of nitrogens with one attached hydrogen (secondary N) is 5. The molecule has 5 aliphatic heterocycles. The van der Waals surface area contributed by atoms with Crippen LogP contribution in [-0.4, -0.2) is 67.1 Å². The number of aromatic hydroxyl groups is 1. The molecule has 5 aliphatic carbocycles. The first kappa shape index (κ1) is 60.6. The largest absolute Gasteiger partial charge is 0.508 e. The number of piperidine rings is 1. The molecule has 14 bridgehead atoms. The standard InChI is InChI=1S/C75H97N5O6/c1-7-49(33-50-14-9-8-10-15-50)38-65-75-29-23-60-61-20-21-62-64(85-72(83)68(62)69(61)75)24-28-74(57-26-32-79-66(39-57)78-30-12-13-46(2)3)27-22-55(41-74)71(80-43-48(6)81)56-35-51(34-53(37-56)45-77-42-47(4)5)25-31-76-44-52-16-11-17-54(36-52)59-19-18-58(82)40-63(59)67(60)70(75)73(84)86-65/h8-11,14-19,24,34-38,40,46-49,55,57,60-61,66,69,71,76-82H,7,12-13,20-23,25-33,39,41-45H2,1-6H3/b64-24?,65-38-/t48-,49-,55-,57+,60+,61-,66-,69+,71-,74+,75+/m0/s1. The van der Waals surface area contributed by atoms with E-state index in [4.69, 9.17) is 9.47 Å². The van der Waals surface area contributed by atoms with Gasteiger partial charge in [-0.2, -0.15) is 0 Å². The van der Waals surface area contributed by atoms with Crippen LogP contribution in [0.1, 0.15) is 164 Å². The molecule has 14 rings (SSSR count). The van der Waals surface area contributed by atoms with Gasteiger partial charge in [0.1, 0.15) is 17.3 Å². The minimum absolute atomic E-state index is 0.0326. The molecule has 11 atom stereocenters. The molecule has 11 heteroatoms. The van der Waals surface area contributed by atoms with Crippen LogP contribution in [0, 0.1) is 58.2 Å². The Labute approximate surface area is 512 Å². The zero-order chi connectivity index (χ0) is 59.7. The van der Waals surface area contributed by atoms with Gasteiger partial charge in [0.25, 0.3) is 0 Å². The number of carbonyl (C=O) groups is 2. The summed E-state index contributed by atoms with van der Waals surface area (Å²) in [7, 11) is 0. The van der Waals surface area contributed by atoms with Crippen LogP contribution in [0.4, 0.5) is 0 Å². The van der Waals surface area contributed by atoms with Crippen LogP contribution in [0.3, 0.4) is 0 Å². The summed E-state index contributed by atoms with van der Waals surface area (Å²) >= 11 is 0. The van der Waals surface area contributed by atoms with Crippen molar-refractivity contribution in [1.29, 1.82) is 0 Å². The second-order valence-corrected chi connectivity index (χ2v) is 28.2. The summed E-state index contributed by atoms with van der Waals surface area (Å²) in [6, 6.07) is 32.3. The number of cyclic esters (lactones) is 1. The Morgan fingerprint density at radius 1 is 0.791 bits per heavy atom. The molecule has 5 heterocycles. The zero-order valence-electron chi connectivity index (χ0n) is 52.2. The van der Waals surface area contributed by atoms with Crippen molar-refractivity contribution in [1.82, 2.24) is 26.6 Å². The monoisotopic (exact) mass is 1160 g/mol. The topological polar surface area (TPSA) is 153 Å². The van der Waals surface area contributed by atoms with Crippen molar-refractivity contribution >= 4 is 17.5 Å². The van der Waals surface area contributed by atoms with Gasteiger partial charge < -0.3 is 46.3 Å². The van der Waals surface area contributed by atoms with Crippen LogP contribution >= 0.6 is 0 Å². The Bertz CT molecular complexity index is 3250. The Balaban J connectivity index is 1.00. The van der Waals surface area contributed by atoms with E-state index < -0.39 is 11.5 Å². The number of rotatable bonds is 17. The lowest BCUT2D eigenvalue weighted by atomic mass is 9.44. The van der Waals surface area contributed by atoms with E-state index in [0.29, 0.717) is 60.9 Å². The molecule has 7 N–H and O–H groups in total. The molecule has 86 heavy (non-hydrogen) atoms. The fourth-order valence-electron chi connectivity index (χ4n) is 17.5. The fraction of sp³-hybridized carbons (Fsp3) is 0.547. The lowest BCUT2D eigenvalue weighted by Crippen LogP contribution is -2.52. The number of hydrogen-bond acceptors (Lipinski definition) is 11. The van der Waals surface area contributed by atoms with E-state index in [2.05, 4.69) is 146 Å². The van der Waals surface area contributed by atoms with E-state index in [-0.39, 0.29) is 59.0 Å². The maximum atomic E-state index is 15.4. The molecular formula is C75H97N5O6. The van der Waals surface area contributed by atoms with Gasteiger partial charge in [0, 0.05) is 42.7 Å². The molecule has 0 unspecified atom stereocenters. The molecule has 4 aromatic rings. The van der Waals surface area contributed by atoms with Crippen LogP contribution in [0.5, 0.6) is 5.75 Å². The van der Waals surface area contributed by atoms with Crippen LogP contribution in [0.15, 0.2) is 131 Å². The fourth-order valence-corrected chi connectivity index (χ4v) is 17.5. The number of phenolic OH excluding ortho intramolecular Hbond substituents is 1. The molecule has 2 saturated heterocycles. The van der Waals surface area contributed by atoms with Gasteiger partial charge in [-0.05, 0) is 257 Å². The first-order valence-electron chi connectivity index (χ1n) is 33.4. The first-order chi connectivity index (χ1) is 41.7. The maximum Gasteiger partial charge on any atom is 0.340 e. The van der Waals surface area contributed by atoms with Gasteiger partial charge >= 0.3 is 11.9 Å². The third-order valence-electron chi connectivity index (χ3n) is 21.5. The third kappa shape index (κ3) is 12.4. The van der Waals surface area contributed by atoms with Gasteiger partial charge in [-0.1, -0.05) is 107 Å². The second-order valence-electron chi connectivity index (χ2n) is 28.2. The minimum atomic E-state index is -0.895. The Morgan fingerprint density at radius 3 is 2.47 bits per heavy atom. The summed E-state index contributed by atoms with van der Waals surface area (Å²) in [5, 5.41) is 41.9. The zero-order valence-corrected chi connectivity index (χ0v) is 52.2. The van der Waals surface area contributed by atoms with Crippen molar-refractivity contribution < 1.29 is 29.3 Å². The van der Waals surface area contributed by atoms with Crippen molar-refractivity contribution in [2.24, 2.45) is 58.2 Å². The molecule has 1 spiro atoms. The lowest BCUT2D eigenvalue weighted by molar-refractivity contribution is -0.135. The van der Waals surface area contributed by atoms with Crippen LogP contribution in [0.25, 0.3) is 16.7 Å². The molecule has 2 saturated carbocycles. The molecular weight excluding hydrogens is 1070 g/mol. The van der Waals surface area contributed by atoms with Gasteiger partial charge in [0.2, 0.25) is 0 Å². The number of ether oxygens (including phenoxy) is 2. The van der Waals surface area contributed by atoms with Crippen LogP contribution in [-0.2, 0) is 45.0 Å². The van der Waals surface area contributed by atoms with Crippen LogP contribution < -0.4 is 26.6 Å². The van der Waals surface area contributed by atoms with Crippen LogP contribution in [0.2, 0.25) is 0 Å². The molecule has 4 aromatic carbocycles. The predicted molar refractivity (Wildman–Crippen MR) is 343 cm³/mol. The summed E-state index contributed by atoms with van der Waals surface area (Å²) in [5.41, 5.74) is 11.6. The molecule has 0 amide bonds. The summed E-state index contributed by atoms with van der Waals surface area (Å²) < 4.78 is 13.6. The highest BCUT2D eigenvalue weighted by Crippen LogP contribution is 2.72. The van der Waals surface area contributed by atoms with E-state index in [0.717, 1.165) is 155 Å². The van der Waals surface area contributed by atoms with E-state index in [1.54, 1.807) is 6.07 Å². The molecule has 0 radical (unpaired) electrons. The van der Waals surface area contributed by atoms with Gasteiger partial charge in [0.05, 0.1) is 23.3 Å². The number of fused-ring (bicyclic) bond motifs is 5. The van der Waals surface area contributed by atoms with Gasteiger partial charge in [-0.25, -0.2) is 9.59 Å². The number of allylic oxidation sites excluding steroid dienone is 5. The maximum absolute atomic E-state index is 15.4. The quantitative estimate of drug-likeness (QED) is 0.0399. The lowest BCUT2D eigenvalue weighted by Gasteiger charge is -2.56. The molecule has 4 fully saturated rings. The highest BCUT2D eigenvalue weighted by atomic mass is 16.6. The molecule has 0 aromatic heterocycles. The van der Waals surface area contributed by atoms with Crippen molar-refractivity contribution in [2.75, 3.05) is 32.7 Å². The summed E-state index contributed by atoms with van der Waals surface area (Å²) in [6.45, 7) is 18.9. The second kappa shape index (κ2) is 26.2. The number of phenols is 1. The van der Waals surface area contributed by atoms with Gasteiger partial charge in [-0.3, -0.25) is 0 Å². The Hall–Kier alpha value is -5.66. The number of carbonyl (C=O) groups excluding carboxylic acids is 2. The Morgan fingerprint density at radius 2 is 1.65 bits per heavy atom. The molecule has 458 valence electrons. The highest BCUT2D eigenvalue weighted by Gasteiger charge is 2.69. The van der Waals surface area contributed by atoms with E-state index in [1.165, 1.54) is 28.7 Å². The number of hydrogen-bond donors (Lipinski definition) is 7. The van der Waals surface area contributed by atoms with Crippen molar-refractivity contribution in [2.45, 2.75) is 169 Å². The summed E-state index contributed by atoms with van der Waals surface area (Å²) in [4.78, 5) is 30.7. The van der Waals surface area contributed by atoms with Crippen molar-refractivity contribution in [3.8, 4) is 16.9 Å². The summed E-state index contributed by atoms with van der Waals surface area (Å²) in [6.07, 6.45) is 18.3. The molecule has 10 aliphatic rings. The third-order valence-corrected chi connectivity index (χ3v) is 21.5. The van der Waals surface area contributed by atoms with Gasteiger partial charge in [-0.15, -0.1) is 0 Å². The highest BCUT2D eigenvalue weighted by molar-refractivity contribution is 6.07. The van der Waals surface area contributed by atoms with E-state index in [1.807, 2.05) is 19.1 Å². The smallest absolute Gasteiger partial charge is 0.340 e. The number of esters is 2. The normalized spacial score (nSPS) is 29.2. The first-order valence-corrected chi connectivity index (χ1v) is 33.4. The summed E-state index contributed by atoms with van der Waals surface area (Å²) in [5.74, 6) is 2.69. The molecule has 11 nitrogen and oxygen atoms in total. The number of benzene rings is 4. The van der Waals surface area contributed by atoms with Crippen molar-refractivity contribution in [3.63, 3.8) is 0 Å². The predicted octanol–water partition coefficient (Wildman–Crippen LogP) is 13.3. The van der Waals surface area contributed by atoms with Crippen molar-refractivity contribution in [3.05, 3.63) is 165 Å². The van der Waals surface area contributed by atoms with E-state index >= 15 is 9.59 Å². The number of aliphatic hydroxyl groups excluding tert-OH is 1. The average Bonchev–Trinajstić information content (AvgIpc) is 1.36. The average molecular weight is 1160 g/mol.